The van der Waals surface area contributed by atoms with Crippen LogP contribution in [0.15, 0.2) is 41.8 Å². The Labute approximate surface area is 128 Å². The van der Waals surface area contributed by atoms with E-state index in [1.807, 2.05) is 11.4 Å². The Bertz CT molecular complexity index is 847. The van der Waals surface area contributed by atoms with E-state index in [2.05, 4.69) is 37.3 Å². The van der Waals surface area contributed by atoms with Gasteiger partial charge in [-0.2, -0.15) is 0 Å². The van der Waals surface area contributed by atoms with Gasteiger partial charge in [-0.3, -0.25) is 4.79 Å². The number of ketones is 1. The van der Waals surface area contributed by atoms with Gasteiger partial charge in [-0.25, -0.2) is 0 Å². The molecule has 104 valence electrons. The van der Waals surface area contributed by atoms with Crippen LogP contribution >= 0.6 is 11.3 Å². The highest BCUT2D eigenvalue weighted by Gasteiger charge is 2.21. The van der Waals surface area contributed by atoms with Crippen LogP contribution in [-0.2, 0) is 19.3 Å². The Balaban J connectivity index is 1.94. The van der Waals surface area contributed by atoms with Crippen molar-refractivity contribution in [2.75, 3.05) is 0 Å². The number of thiophene rings is 1. The van der Waals surface area contributed by atoms with Crippen LogP contribution < -0.4 is 0 Å². The summed E-state index contributed by atoms with van der Waals surface area (Å²) in [5.41, 5.74) is 4.79. The lowest BCUT2D eigenvalue weighted by Gasteiger charge is -2.08. The van der Waals surface area contributed by atoms with Crippen LogP contribution in [0.3, 0.4) is 0 Å². The molecule has 0 amide bonds. The summed E-state index contributed by atoms with van der Waals surface area (Å²) < 4.78 is 0. The van der Waals surface area contributed by atoms with Crippen molar-refractivity contribution in [2.24, 2.45) is 0 Å². The molecular weight excluding hydrogens is 276 g/mol. The van der Waals surface area contributed by atoms with Gasteiger partial charge in [-0.1, -0.05) is 37.3 Å². The fourth-order valence-corrected chi connectivity index (χ4v) is 4.33. The van der Waals surface area contributed by atoms with Gasteiger partial charge in [0.15, 0.2) is 0 Å². The summed E-state index contributed by atoms with van der Waals surface area (Å²) in [6.45, 7) is 2.10. The van der Waals surface area contributed by atoms with Crippen molar-refractivity contribution < 1.29 is 4.79 Å². The number of benzene rings is 2. The van der Waals surface area contributed by atoms with E-state index >= 15 is 0 Å². The van der Waals surface area contributed by atoms with Gasteiger partial charge >= 0.3 is 0 Å². The van der Waals surface area contributed by atoms with Gasteiger partial charge in [-0.15, -0.1) is 11.3 Å². The molecule has 0 bridgehead atoms. The minimum atomic E-state index is 0.178. The second-order valence-corrected chi connectivity index (χ2v) is 6.49. The van der Waals surface area contributed by atoms with E-state index in [4.69, 9.17) is 0 Å². The van der Waals surface area contributed by atoms with Crippen molar-refractivity contribution in [3.8, 4) is 0 Å². The van der Waals surface area contributed by atoms with Gasteiger partial charge in [-0.05, 0) is 58.2 Å². The topological polar surface area (TPSA) is 17.1 Å². The Morgan fingerprint density at radius 3 is 2.71 bits per heavy atom. The van der Waals surface area contributed by atoms with Crippen LogP contribution in [0.25, 0.3) is 10.8 Å². The first-order valence-electron chi connectivity index (χ1n) is 7.44. The fourth-order valence-electron chi connectivity index (χ4n) is 3.38. The smallest absolute Gasteiger partial charge is 0.203 e. The van der Waals surface area contributed by atoms with Gasteiger partial charge in [0.25, 0.3) is 0 Å². The van der Waals surface area contributed by atoms with Gasteiger partial charge < -0.3 is 0 Å². The lowest BCUT2D eigenvalue weighted by Crippen LogP contribution is -2.03. The van der Waals surface area contributed by atoms with Gasteiger partial charge in [0.2, 0.25) is 5.78 Å². The average molecular weight is 292 g/mol. The molecule has 0 radical (unpaired) electrons. The molecule has 1 aromatic heterocycles. The molecule has 1 aliphatic carbocycles. The molecule has 0 spiro atoms. The van der Waals surface area contributed by atoms with Crippen molar-refractivity contribution in [1.82, 2.24) is 0 Å². The second kappa shape index (κ2) is 4.81. The summed E-state index contributed by atoms with van der Waals surface area (Å²) in [6, 6.07) is 12.6. The van der Waals surface area contributed by atoms with Crippen LogP contribution in [0.5, 0.6) is 0 Å². The van der Waals surface area contributed by atoms with Crippen LogP contribution in [0, 0.1) is 0 Å². The number of aryl methyl sites for hydroxylation is 3. The summed E-state index contributed by atoms with van der Waals surface area (Å²) in [7, 11) is 0. The standard InChI is InChI=1S/C19H16OS/c1-2-12-10-11-21-19(12)18(20)16-9-8-14-7-6-13-4-3-5-15(16)17(13)14/h3-5,8-11H,2,6-7H2,1H3. The van der Waals surface area contributed by atoms with Crippen molar-refractivity contribution in [2.45, 2.75) is 26.2 Å². The Kier molecular flexibility index (Phi) is 2.93. The summed E-state index contributed by atoms with van der Waals surface area (Å²) in [5.74, 6) is 0.178. The molecule has 0 unspecified atom stereocenters. The van der Waals surface area contributed by atoms with Crippen LogP contribution in [0.2, 0.25) is 0 Å². The summed E-state index contributed by atoms with van der Waals surface area (Å²) in [4.78, 5) is 13.9. The molecule has 4 rings (SSSR count). The lowest BCUT2D eigenvalue weighted by molar-refractivity contribution is 0.104. The number of hydrogen-bond acceptors (Lipinski definition) is 2. The third kappa shape index (κ3) is 1.86. The fraction of sp³-hybridized carbons (Fsp3) is 0.211. The maximum absolute atomic E-state index is 13.0. The molecule has 1 aliphatic rings. The maximum Gasteiger partial charge on any atom is 0.203 e. The molecule has 3 aromatic rings. The van der Waals surface area contributed by atoms with Gasteiger partial charge in [0.1, 0.15) is 0 Å². The normalized spacial score (nSPS) is 13.0. The van der Waals surface area contributed by atoms with Crippen molar-refractivity contribution >= 4 is 27.9 Å². The zero-order valence-corrected chi connectivity index (χ0v) is 12.8. The lowest BCUT2D eigenvalue weighted by atomic mass is 9.96. The monoisotopic (exact) mass is 292 g/mol. The van der Waals surface area contributed by atoms with E-state index in [0.29, 0.717) is 0 Å². The number of carbonyl (C=O) groups is 1. The molecule has 0 saturated carbocycles. The highest BCUT2D eigenvalue weighted by atomic mass is 32.1. The first kappa shape index (κ1) is 12.8. The van der Waals surface area contributed by atoms with Crippen LogP contribution in [0.1, 0.15) is 38.8 Å². The minimum absolute atomic E-state index is 0.178. The number of carbonyl (C=O) groups excluding carboxylic acids is 1. The molecule has 0 N–H and O–H groups in total. The van der Waals surface area contributed by atoms with Crippen LogP contribution in [0.4, 0.5) is 0 Å². The Morgan fingerprint density at radius 2 is 1.90 bits per heavy atom. The molecule has 21 heavy (non-hydrogen) atoms. The zero-order chi connectivity index (χ0) is 14.4. The molecular formula is C19H16OS. The van der Waals surface area contributed by atoms with Crippen molar-refractivity contribution in [3.63, 3.8) is 0 Å². The zero-order valence-electron chi connectivity index (χ0n) is 12.0. The number of rotatable bonds is 3. The van der Waals surface area contributed by atoms with E-state index in [1.54, 1.807) is 11.3 Å². The SMILES string of the molecule is CCc1ccsc1C(=O)c1ccc2c3c(cccc13)CC2. The van der Waals surface area contributed by atoms with Crippen LogP contribution in [-0.4, -0.2) is 5.78 Å². The van der Waals surface area contributed by atoms with Crippen molar-refractivity contribution in [1.29, 1.82) is 0 Å². The molecule has 0 atom stereocenters. The average Bonchev–Trinajstić information content (AvgIpc) is 3.15. The summed E-state index contributed by atoms with van der Waals surface area (Å²) in [6.07, 6.45) is 3.11. The predicted molar refractivity (Wildman–Crippen MR) is 88.5 cm³/mol. The largest absolute Gasteiger partial charge is 0.288 e. The van der Waals surface area contributed by atoms with E-state index in [-0.39, 0.29) is 5.78 Å². The first-order valence-corrected chi connectivity index (χ1v) is 8.32. The predicted octanol–water partition coefficient (Wildman–Crippen LogP) is 4.79. The van der Waals surface area contributed by atoms with Gasteiger partial charge in [0, 0.05) is 5.56 Å². The minimum Gasteiger partial charge on any atom is -0.288 e. The van der Waals surface area contributed by atoms with Gasteiger partial charge in [0.05, 0.1) is 4.88 Å². The highest BCUT2D eigenvalue weighted by molar-refractivity contribution is 7.12. The third-order valence-corrected chi connectivity index (χ3v) is 5.41. The summed E-state index contributed by atoms with van der Waals surface area (Å²) in [5, 5.41) is 4.47. The molecule has 1 nitrogen and oxygen atoms in total. The second-order valence-electron chi connectivity index (χ2n) is 5.57. The third-order valence-electron chi connectivity index (χ3n) is 4.46. The van der Waals surface area contributed by atoms with E-state index < -0.39 is 0 Å². The molecule has 0 fully saturated rings. The molecule has 2 aromatic carbocycles. The Hall–Kier alpha value is -1.93. The Morgan fingerprint density at radius 1 is 1.10 bits per heavy atom. The molecule has 0 aliphatic heterocycles. The van der Waals surface area contributed by atoms with E-state index in [0.717, 1.165) is 40.7 Å². The first-order chi connectivity index (χ1) is 10.3. The number of hydrogen-bond donors (Lipinski definition) is 0. The van der Waals surface area contributed by atoms with Crippen molar-refractivity contribution in [3.05, 3.63) is 68.9 Å². The quantitative estimate of drug-likeness (QED) is 0.634. The molecule has 2 heteroatoms. The van der Waals surface area contributed by atoms with E-state index in [9.17, 15) is 4.79 Å². The molecule has 0 saturated heterocycles. The summed E-state index contributed by atoms with van der Waals surface area (Å²) >= 11 is 1.56. The maximum atomic E-state index is 13.0. The molecule has 1 heterocycles. The highest BCUT2D eigenvalue weighted by Crippen LogP contribution is 2.34. The van der Waals surface area contributed by atoms with E-state index in [1.165, 1.54) is 16.5 Å².